The summed E-state index contributed by atoms with van der Waals surface area (Å²) >= 11 is 0. The molecule has 1 atom stereocenters. The van der Waals surface area contributed by atoms with Crippen LogP contribution in [-0.4, -0.2) is 60.1 Å². The predicted octanol–water partition coefficient (Wildman–Crippen LogP) is 3.48. The molecule has 1 heterocycles. The standard InChI is InChI=1S/C24H24F2N2O5/c25-21(26)10-20(23(31)28-11-14(12-28)9-22(29)30)27-24(32)33-13-19-17-7-3-1-5-15(17)16-6-2-4-8-18(16)19/h1-8,14,19-21H,9-13H2,(H,27,32)(H,29,30). The molecule has 0 aromatic heterocycles. The Morgan fingerprint density at radius 2 is 1.61 bits per heavy atom. The lowest BCUT2D eigenvalue weighted by Gasteiger charge is -2.40. The number of alkyl halides is 2. The molecule has 1 aliphatic carbocycles. The van der Waals surface area contributed by atoms with E-state index in [4.69, 9.17) is 9.84 Å². The van der Waals surface area contributed by atoms with E-state index in [9.17, 15) is 23.2 Å². The van der Waals surface area contributed by atoms with Crippen LogP contribution in [0.2, 0.25) is 0 Å². The fourth-order valence-electron chi connectivity index (χ4n) is 4.53. The molecular weight excluding hydrogens is 434 g/mol. The van der Waals surface area contributed by atoms with Gasteiger partial charge < -0.3 is 20.1 Å². The van der Waals surface area contributed by atoms with Crippen molar-refractivity contribution < 1.29 is 33.0 Å². The van der Waals surface area contributed by atoms with E-state index < -0.39 is 36.9 Å². The highest BCUT2D eigenvalue weighted by Gasteiger charge is 2.37. The van der Waals surface area contributed by atoms with Crippen LogP contribution in [0.15, 0.2) is 48.5 Å². The average molecular weight is 458 g/mol. The number of aliphatic carboxylic acids is 1. The number of hydrogen-bond acceptors (Lipinski definition) is 4. The molecule has 9 heteroatoms. The molecule has 0 radical (unpaired) electrons. The van der Waals surface area contributed by atoms with Gasteiger partial charge in [0.15, 0.2) is 0 Å². The molecule has 1 aliphatic heterocycles. The quantitative estimate of drug-likeness (QED) is 0.632. The van der Waals surface area contributed by atoms with Crippen molar-refractivity contribution in [1.29, 1.82) is 0 Å². The summed E-state index contributed by atoms with van der Waals surface area (Å²) in [6, 6.07) is 14.1. The normalized spacial score (nSPS) is 16.0. The Morgan fingerprint density at radius 3 is 2.15 bits per heavy atom. The van der Waals surface area contributed by atoms with Gasteiger partial charge in [0.25, 0.3) is 0 Å². The summed E-state index contributed by atoms with van der Waals surface area (Å²) in [6.07, 6.45) is -4.69. The third kappa shape index (κ3) is 4.97. The lowest BCUT2D eigenvalue weighted by Crippen LogP contribution is -2.57. The van der Waals surface area contributed by atoms with E-state index in [1.165, 1.54) is 4.90 Å². The molecule has 2 aromatic carbocycles. The average Bonchev–Trinajstić information content (AvgIpc) is 3.07. The topological polar surface area (TPSA) is 95.9 Å². The van der Waals surface area contributed by atoms with Crippen molar-refractivity contribution in [3.8, 4) is 11.1 Å². The van der Waals surface area contributed by atoms with Crippen LogP contribution >= 0.6 is 0 Å². The number of benzene rings is 2. The maximum Gasteiger partial charge on any atom is 0.407 e. The Morgan fingerprint density at radius 1 is 1.03 bits per heavy atom. The van der Waals surface area contributed by atoms with Crippen LogP contribution in [0.1, 0.15) is 29.9 Å². The van der Waals surface area contributed by atoms with Gasteiger partial charge in [-0.05, 0) is 22.3 Å². The largest absolute Gasteiger partial charge is 0.481 e. The highest BCUT2D eigenvalue weighted by atomic mass is 19.3. The first kappa shape index (κ1) is 22.7. The lowest BCUT2D eigenvalue weighted by molar-refractivity contribution is -0.146. The zero-order chi connectivity index (χ0) is 23.5. The monoisotopic (exact) mass is 458 g/mol. The SMILES string of the molecule is O=C(O)CC1CN(C(=O)C(CC(F)F)NC(=O)OCC2c3ccccc3-c3ccccc32)C1. The molecule has 0 spiro atoms. The van der Waals surface area contributed by atoms with Gasteiger partial charge in [-0.25, -0.2) is 13.6 Å². The Balaban J connectivity index is 1.37. The Bertz CT molecular complexity index is 1010. The highest BCUT2D eigenvalue weighted by molar-refractivity contribution is 5.86. The number of alkyl carbamates (subject to hydrolysis) is 1. The predicted molar refractivity (Wildman–Crippen MR) is 115 cm³/mol. The Hall–Kier alpha value is -3.49. The number of ether oxygens (including phenoxy) is 1. The number of nitrogens with zero attached hydrogens (tertiary/aromatic N) is 1. The third-order valence-electron chi connectivity index (χ3n) is 6.08. The maximum atomic E-state index is 13.1. The number of carboxylic acid groups (broad SMARTS) is 1. The lowest BCUT2D eigenvalue weighted by atomic mass is 9.95. The second kappa shape index (κ2) is 9.56. The molecule has 1 unspecified atom stereocenters. The zero-order valence-corrected chi connectivity index (χ0v) is 17.7. The first-order valence-electron chi connectivity index (χ1n) is 10.7. The second-order valence-electron chi connectivity index (χ2n) is 8.36. The molecule has 2 aliphatic rings. The number of carboxylic acids is 1. The number of halogens is 2. The third-order valence-corrected chi connectivity index (χ3v) is 6.08. The first-order valence-corrected chi connectivity index (χ1v) is 10.7. The summed E-state index contributed by atoms with van der Waals surface area (Å²) in [6.45, 7) is 0.328. The van der Waals surface area contributed by atoms with E-state index in [1.54, 1.807) is 0 Å². The van der Waals surface area contributed by atoms with Gasteiger partial charge in [0.05, 0.1) is 6.42 Å². The van der Waals surface area contributed by atoms with Gasteiger partial charge in [0, 0.05) is 31.3 Å². The molecule has 1 saturated heterocycles. The molecule has 174 valence electrons. The zero-order valence-electron chi connectivity index (χ0n) is 17.7. The fraction of sp³-hybridized carbons (Fsp3) is 0.375. The van der Waals surface area contributed by atoms with E-state index >= 15 is 0 Å². The van der Waals surface area contributed by atoms with Crippen molar-refractivity contribution in [2.75, 3.05) is 19.7 Å². The summed E-state index contributed by atoms with van der Waals surface area (Å²) in [5.74, 6) is -2.05. The van der Waals surface area contributed by atoms with Crippen molar-refractivity contribution in [3.05, 3.63) is 59.7 Å². The first-order chi connectivity index (χ1) is 15.8. The van der Waals surface area contributed by atoms with E-state index in [-0.39, 0.29) is 38.0 Å². The molecule has 2 N–H and O–H groups in total. The van der Waals surface area contributed by atoms with Crippen molar-refractivity contribution in [3.63, 3.8) is 0 Å². The molecular formula is C24H24F2N2O5. The Kier molecular flexibility index (Phi) is 6.57. The van der Waals surface area contributed by atoms with Crippen molar-refractivity contribution in [1.82, 2.24) is 10.2 Å². The maximum absolute atomic E-state index is 13.1. The van der Waals surface area contributed by atoms with E-state index in [0.29, 0.717) is 0 Å². The van der Waals surface area contributed by atoms with Crippen LogP contribution in [0, 0.1) is 5.92 Å². The molecule has 2 amide bonds. The summed E-state index contributed by atoms with van der Waals surface area (Å²) in [4.78, 5) is 37.1. The summed E-state index contributed by atoms with van der Waals surface area (Å²) < 4.78 is 31.5. The van der Waals surface area contributed by atoms with Gasteiger partial charge in [-0.15, -0.1) is 0 Å². The molecule has 1 fully saturated rings. The fourth-order valence-corrected chi connectivity index (χ4v) is 4.53. The van der Waals surface area contributed by atoms with E-state index in [0.717, 1.165) is 22.3 Å². The van der Waals surface area contributed by atoms with Gasteiger partial charge in [0.2, 0.25) is 12.3 Å². The van der Waals surface area contributed by atoms with Gasteiger partial charge in [-0.3, -0.25) is 9.59 Å². The minimum atomic E-state index is -2.80. The molecule has 33 heavy (non-hydrogen) atoms. The van der Waals surface area contributed by atoms with Gasteiger partial charge >= 0.3 is 12.1 Å². The van der Waals surface area contributed by atoms with Crippen LogP contribution < -0.4 is 5.32 Å². The number of fused-ring (bicyclic) bond motifs is 3. The van der Waals surface area contributed by atoms with Crippen LogP contribution in [0.3, 0.4) is 0 Å². The van der Waals surface area contributed by atoms with Crippen molar-refractivity contribution in [2.45, 2.75) is 31.2 Å². The van der Waals surface area contributed by atoms with E-state index in [2.05, 4.69) is 5.32 Å². The van der Waals surface area contributed by atoms with Crippen molar-refractivity contribution in [2.24, 2.45) is 5.92 Å². The Labute approximate surface area is 189 Å². The summed E-state index contributed by atoms with van der Waals surface area (Å²) in [7, 11) is 0. The van der Waals surface area contributed by atoms with Gasteiger partial charge in [-0.2, -0.15) is 0 Å². The number of amides is 2. The van der Waals surface area contributed by atoms with Crippen LogP contribution in [-0.2, 0) is 14.3 Å². The van der Waals surface area contributed by atoms with Crippen molar-refractivity contribution >= 4 is 18.0 Å². The molecule has 7 nitrogen and oxygen atoms in total. The molecule has 2 aromatic rings. The number of rotatable bonds is 8. The summed E-state index contributed by atoms with van der Waals surface area (Å²) in [5.41, 5.74) is 4.14. The van der Waals surface area contributed by atoms with Crippen LogP contribution in [0.5, 0.6) is 0 Å². The van der Waals surface area contributed by atoms with Crippen LogP contribution in [0.25, 0.3) is 11.1 Å². The number of carbonyl (C=O) groups is 3. The number of nitrogens with one attached hydrogen (secondary N) is 1. The minimum absolute atomic E-state index is 0.000150. The highest BCUT2D eigenvalue weighted by Crippen LogP contribution is 2.44. The molecule has 4 rings (SSSR count). The second-order valence-corrected chi connectivity index (χ2v) is 8.36. The van der Waals surface area contributed by atoms with Gasteiger partial charge in [0.1, 0.15) is 12.6 Å². The number of carbonyl (C=O) groups excluding carboxylic acids is 2. The molecule has 0 bridgehead atoms. The van der Waals surface area contributed by atoms with Crippen LogP contribution in [0.4, 0.5) is 13.6 Å². The molecule has 0 saturated carbocycles. The summed E-state index contributed by atoms with van der Waals surface area (Å²) in [5, 5.41) is 11.1. The smallest absolute Gasteiger partial charge is 0.407 e. The van der Waals surface area contributed by atoms with Gasteiger partial charge in [-0.1, -0.05) is 48.5 Å². The minimum Gasteiger partial charge on any atom is -0.481 e. The van der Waals surface area contributed by atoms with E-state index in [1.807, 2.05) is 48.5 Å². The number of hydrogen-bond donors (Lipinski definition) is 2. The number of likely N-dealkylation sites (tertiary alicyclic amines) is 1.